The highest BCUT2D eigenvalue weighted by Gasteiger charge is 2.31. The van der Waals surface area contributed by atoms with Gasteiger partial charge in [-0.1, -0.05) is 29.3 Å². The SMILES string of the molecule is O=S(=O)(Nc1cccc(Cl)c1Cl)c1sccc1C1CC1. The van der Waals surface area contributed by atoms with Crippen molar-refractivity contribution in [2.45, 2.75) is 23.0 Å². The van der Waals surface area contributed by atoms with Gasteiger partial charge in [-0.25, -0.2) is 8.42 Å². The molecule has 0 aliphatic heterocycles. The van der Waals surface area contributed by atoms with Crippen LogP contribution in [0.25, 0.3) is 0 Å². The summed E-state index contributed by atoms with van der Waals surface area (Å²) in [4.78, 5) is 0. The molecule has 1 heterocycles. The molecule has 0 unspecified atom stereocenters. The molecule has 7 heteroatoms. The van der Waals surface area contributed by atoms with Crippen LogP contribution in [0.3, 0.4) is 0 Å². The van der Waals surface area contributed by atoms with Gasteiger partial charge in [0.05, 0.1) is 15.7 Å². The van der Waals surface area contributed by atoms with Crippen molar-refractivity contribution in [3.63, 3.8) is 0 Å². The predicted molar refractivity (Wildman–Crippen MR) is 83.6 cm³/mol. The van der Waals surface area contributed by atoms with E-state index < -0.39 is 10.0 Å². The number of hydrogen-bond acceptors (Lipinski definition) is 3. The van der Waals surface area contributed by atoms with Gasteiger partial charge >= 0.3 is 0 Å². The zero-order valence-corrected chi connectivity index (χ0v) is 13.4. The molecule has 1 aliphatic carbocycles. The molecule has 0 amide bonds. The number of benzene rings is 1. The minimum atomic E-state index is -3.62. The molecule has 1 N–H and O–H groups in total. The Bertz CT molecular complexity index is 751. The first-order valence-corrected chi connectivity index (χ1v) is 9.15. The molecule has 1 aromatic carbocycles. The smallest absolute Gasteiger partial charge is 0.271 e. The number of anilines is 1. The summed E-state index contributed by atoms with van der Waals surface area (Å²) >= 11 is 13.1. The Kier molecular flexibility index (Phi) is 3.71. The van der Waals surface area contributed by atoms with Gasteiger partial charge in [-0.2, -0.15) is 0 Å². The van der Waals surface area contributed by atoms with E-state index in [4.69, 9.17) is 23.2 Å². The molecule has 20 heavy (non-hydrogen) atoms. The van der Waals surface area contributed by atoms with E-state index in [-0.39, 0.29) is 5.02 Å². The highest BCUT2D eigenvalue weighted by atomic mass is 35.5. The van der Waals surface area contributed by atoms with Gasteiger partial charge in [-0.15, -0.1) is 11.3 Å². The van der Waals surface area contributed by atoms with Crippen molar-refractivity contribution in [2.24, 2.45) is 0 Å². The van der Waals surface area contributed by atoms with Crippen LogP contribution in [0.1, 0.15) is 24.3 Å². The lowest BCUT2D eigenvalue weighted by atomic mass is 10.2. The monoisotopic (exact) mass is 347 g/mol. The topological polar surface area (TPSA) is 46.2 Å². The average molecular weight is 348 g/mol. The van der Waals surface area contributed by atoms with Crippen LogP contribution in [0.4, 0.5) is 5.69 Å². The first-order chi connectivity index (χ1) is 9.49. The van der Waals surface area contributed by atoms with Gasteiger partial charge in [0.15, 0.2) is 0 Å². The van der Waals surface area contributed by atoms with Crippen molar-refractivity contribution in [1.82, 2.24) is 0 Å². The van der Waals surface area contributed by atoms with Gasteiger partial charge in [0, 0.05) is 0 Å². The second-order valence-electron chi connectivity index (χ2n) is 4.64. The third kappa shape index (κ3) is 2.68. The van der Waals surface area contributed by atoms with E-state index in [0.29, 0.717) is 20.8 Å². The van der Waals surface area contributed by atoms with Gasteiger partial charge in [-0.3, -0.25) is 4.72 Å². The van der Waals surface area contributed by atoms with E-state index in [1.165, 1.54) is 11.3 Å². The Morgan fingerprint density at radius 3 is 2.65 bits per heavy atom. The first kappa shape index (κ1) is 14.2. The molecule has 1 fully saturated rings. The zero-order chi connectivity index (χ0) is 14.3. The third-order valence-corrected chi connectivity index (χ3v) is 6.82. The summed E-state index contributed by atoms with van der Waals surface area (Å²) < 4.78 is 27.8. The van der Waals surface area contributed by atoms with Crippen molar-refractivity contribution in [1.29, 1.82) is 0 Å². The maximum absolute atomic E-state index is 12.5. The predicted octanol–water partition coefficient (Wildman–Crippen LogP) is 4.73. The fourth-order valence-corrected chi connectivity index (χ4v) is 5.00. The molecular formula is C13H11Cl2NO2S2. The summed E-state index contributed by atoms with van der Waals surface area (Å²) in [5.41, 5.74) is 1.20. The lowest BCUT2D eigenvalue weighted by Crippen LogP contribution is -2.13. The Labute approximate surface area is 131 Å². The number of sulfonamides is 1. The maximum Gasteiger partial charge on any atom is 0.271 e. The molecule has 1 aliphatic rings. The highest BCUT2D eigenvalue weighted by molar-refractivity contribution is 7.94. The maximum atomic E-state index is 12.5. The molecule has 3 nitrogen and oxygen atoms in total. The van der Waals surface area contributed by atoms with Crippen LogP contribution < -0.4 is 4.72 Å². The van der Waals surface area contributed by atoms with E-state index in [0.717, 1.165) is 18.4 Å². The average Bonchev–Trinajstić information content (AvgIpc) is 3.11. The van der Waals surface area contributed by atoms with Crippen molar-refractivity contribution < 1.29 is 8.42 Å². The van der Waals surface area contributed by atoms with Crippen LogP contribution in [0.2, 0.25) is 10.0 Å². The van der Waals surface area contributed by atoms with Gasteiger partial charge in [-0.05, 0) is 47.9 Å². The number of halogens is 2. The number of hydrogen-bond donors (Lipinski definition) is 1. The Morgan fingerprint density at radius 1 is 1.20 bits per heavy atom. The van der Waals surface area contributed by atoms with Crippen molar-refractivity contribution in [3.05, 3.63) is 45.3 Å². The first-order valence-electron chi connectivity index (χ1n) is 6.03. The molecule has 0 spiro atoms. The third-order valence-electron chi connectivity index (χ3n) is 3.12. The van der Waals surface area contributed by atoms with Crippen LogP contribution >= 0.6 is 34.5 Å². The van der Waals surface area contributed by atoms with Crippen molar-refractivity contribution in [2.75, 3.05) is 4.72 Å². The Hall–Kier alpha value is -0.750. The van der Waals surface area contributed by atoms with Crippen LogP contribution in [0, 0.1) is 0 Å². The number of thiophene rings is 1. The lowest BCUT2D eigenvalue weighted by molar-refractivity contribution is 0.602. The molecule has 0 saturated heterocycles. The fraction of sp³-hybridized carbons (Fsp3) is 0.231. The van der Waals surface area contributed by atoms with Gasteiger partial charge in [0.25, 0.3) is 10.0 Å². The number of rotatable bonds is 4. The molecular weight excluding hydrogens is 337 g/mol. The van der Waals surface area contributed by atoms with Crippen molar-refractivity contribution >= 4 is 50.2 Å². The summed E-state index contributed by atoms with van der Waals surface area (Å²) in [5, 5.41) is 2.34. The summed E-state index contributed by atoms with van der Waals surface area (Å²) in [6.45, 7) is 0. The normalized spacial score (nSPS) is 15.3. The molecule has 2 aromatic rings. The Morgan fingerprint density at radius 2 is 1.95 bits per heavy atom. The zero-order valence-electron chi connectivity index (χ0n) is 10.3. The van der Waals surface area contributed by atoms with E-state index in [1.807, 2.05) is 11.4 Å². The van der Waals surface area contributed by atoms with Crippen molar-refractivity contribution in [3.8, 4) is 0 Å². The Balaban J connectivity index is 1.96. The molecule has 0 radical (unpaired) electrons. The van der Waals surface area contributed by atoms with Crippen LogP contribution in [0.5, 0.6) is 0 Å². The van der Waals surface area contributed by atoms with E-state index >= 15 is 0 Å². The molecule has 3 rings (SSSR count). The summed E-state index contributed by atoms with van der Waals surface area (Å²) in [6, 6.07) is 6.75. The molecule has 1 aromatic heterocycles. The summed E-state index contributed by atoms with van der Waals surface area (Å²) in [6.07, 6.45) is 2.11. The molecule has 0 bridgehead atoms. The summed E-state index contributed by atoms with van der Waals surface area (Å²) in [7, 11) is -3.62. The van der Waals surface area contributed by atoms with Crippen LogP contribution in [-0.4, -0.2) is 8.42 Å². The highest BCUT2D eigenvalue weighted by Crippen LogP contribution is 2.45. The van der Waals surface area contributed by atoms with Crippen LogP contribution in [0.15, 0.2) is 33.9 Å². The van der Waals surface area contributed by atoms with Crippen LogP contribution in [-0.2, 0) is 10.0 Å². The fourth-order valence-electron chi connectivity index (χ4n) is 1.99. The molecule has 0 atom stereocenters. The van der Waals surface area contributed by atoms with Gasteiger partial charge in [0.2, 0.25) is 0 Å². The van der Waals surface area contributed by atoms with Gasteiger partial charge < -0.3 is 0 Å². The lowest BCUT2D eigenvalue weighted by Gasteiger charge is -2.10. The largest absolute Gasteiger partial charge is 0.277 e. The summed E-state index contributed by atoms with van der Waals surface area (Å²) in [5.74, 6) is 0.377. The minimum absolute atomic E-state index is 0.210. The second kappa shape index (κ2) is 5.22. The van der Waals surface area contributed by atoms with E-state index in [2.05, 4.69) is 4.72 Å². The van der Waals surface area contributed by atoms with E-state index in [9.17, 15) is 8.42 Å². The molecule has 1 saturated carbocycles. The quantitative estimate of drug-likeness (QED) is 0.868. The standard InChI is InChI=1S/C13H11Cl2NO2S2/c14-10-2-1-3-11(12(10)15)16-20(17,18)13-9(6-7-19-13)8-4-5-8/h1-3,6-8,16H,4-5H2. The minimum Gasteiger partial charge on any atom is -0.277 e. The molecule has 106 valence electrons. The number of nitrogens with one attached hydrogen (secondary N) is 1. The van der Waals surface area contributed by atoms with Gasteiger partial charge in [0.1, 0.15) is 4.21 Å². The second-order valence-corrected chi connectivity index (χ2v) is 8.22. The van der Waals surface area contributed by atoms with E-state index in [1.54, 1.807) is 18.2 Å².